The molecule has 0 aliphatic carbocycles. The lowest BCUT2D eigenvalue weighted by atomic mass is 10.0. The Morgan fingerprint density at radius 2 is 1.94 bits per heavy atom. The van der Waals surface area contributed by atoms with Crippen LogP contribution in [0.1, 0.15) is 55.6 Å². The molecule has 7 nitrogen and oxygen atoms in total. The van der Waals surface area contributed by atoms with Gasteiger partial charge in [-0.1, -0.05) is 39.0 Å². The SMILES string of the molecule is CC.CCC(CO)c1cc(NCc2cccc(-c3nccn3C)c2)n2nc(C)c(C)c2n1. The number of aliphatic hydroxyl groups excluding tert-OH is 1. The van der Waals surface area contributed by atoms with Crippen LogP contribution >= 0.6 is 0 Å². The molecule has 0 fully saturated rings. The van der Waals surface area contributed by atoms with Crippen molar-refractivity contribution in [1.82, 2.24) is 24.1 Å². The second-order valence-electron chi connectivity index (χ2n) is 7.72. The Morgan fingerprint density at radius 3 is 2.59 bits per heavy atom. The molecule has 0 aliphatic rings. The summed E-state index contributed by atoms with van der Waals surface area (Å²) in [5, 5.41) is 18.0. The minimum absolute atomic E-state index is 0.0110. The predicted octanol–water partition coefficient (Wildman–Crippen LogP) is 4.87. The number of nitrogens with one attached hydrogen (secondary N) is 1. The number of fused-ring (bicyclic) bond motifs is 1. The van der Waals surface area contributed by atoms with E-state index in [1.54, 1.807) is 0 Å². The van der Waals surface area contributed by atoms with Gasteiger partial charge in [-0.25, -0.2) is 9.97 Å². The number of imidazole rings is 1. The zero-order chi connectivity index (χ0) is 23.3. The summed E-state index contributed by atoms with van der Waals surface area (Å²) in [5.41, 5.74) is 5.97. The maximum Gasteiger partial charge on any atom is 0.160 e. The van der Waals surface area contributed by atoms with E-state index in [1.807, 2.05) is 62.3 Å². The zero-order valence-electron chi connectivity index (χ0n) is 19.9. The molecule has 4 rings (SSSR count). The van der Waals surface area contributed by atoms with E-state index >= 15 is 0 Å². The van der Waals surface area contributed by atoms with Crippen molar-refractivity contribution in [3.8, 4) is 11.4 Å². The molecule has 3 heterocycles. The maximum absolute atomic E-state index is 9.78. The van der Waals surface area contributed by atoms with Crippen molar-refractivity contribution < 1.29 is 5.11 Å². The van der Waals surface area contributed by atoms with Gasteiger partial charge in [0.15, 0.2) is 5.65 Å². The first-order valence-corrected chi connectivity index (χ1v) is 11.3. The van der Waals surface area contributed by atoms with Crippen molar-refractivity contribution in [2.24, 2.45) is 7.05 Å². The highest BCUT2D eigenvalue weighted by Crippen LogP contribution is 2.25. The van der Waals surface area contributed by atoms with Crippen LogP contribution in [0.15, 0.2) is 42.7 Å². The van der Waals surface area contributed by atoms with E-state index in [0.717, 1.165) is 51.8 Å². The molecule has 2 N–H and O–H groups in total. The fourth-order valence-electron chi connectivity index (χ4n) is 3.67. The molecule has 0 aliphatic heterocycles. The fraction of sp³-hybridized carbons (Fsp3) is 0.400. The molecule has 1 unspecified atom stereocenters. The molecule has 32 heavy (non-hydrogen) atoms. The van der Waals surface area contributed by atoms with Crippen LogP contribution in [0, 0.1) is 13.8 Å². The molecule has 4 aromatic rings. The molecule has 0 bridgehead atoms. The quantitative estimate of drug-likeness (QED) is 0.434. The number of hydrogen-bond donors (Lipinski definition) is 2. The third-order valence-electron chi connectivity index (χ3n) is 5.69. The summed E-state index contributed by atoms with van der Waals surface area (Å²) in [5.74, 6) is 1.83. The Bertz CT molecular complexity index is 1170. The topological polar surface area (TPSA) is 80.3 Å². The molecule has 0 saturated carbocycles. The lowest BCUT2D eigenvalue weighted by molar-refractivity contribution is 0.260. The molecular weight excluding hydrogens is 400 g/mol. The number of nitrogens with zero attached hydrogens (tertiary/aromatic N) is 5. The Labute approximate surface area is 190 Å². The molecular formula is C25H34N6O. The highest BCUT2D eigenvalue weighted by Gasteiger charge is 2.17. The van der Waals surface area contributed by atoms with Gasteiger partial charge in [0.25, 0.3) is 0 Å². The largest absolute Gasteiger partial charge is 0.396 e. The average molecular weight is 435 g/mol. The molecule has 0 amide bonds. The second kappa shape index (κ2) is 10.4. The fourth-order valence-corrected chi connectivity index (χ4v) is 3.67. The normalized spacial score (nSPS) is 11.8. The van der Waals surface area contributed by atoms with E-state index in [-0.39, 0.29) is 12.5 Å². The summed E-state index contributed by atoms with van der Waals surface area (Å²) in [4.78, 5) is 9.25. The van der Waals surface area contributed by atoms with Gasteiger partial charge in [-0.3, -0.25) is 0 Å². The van der Waals surface area contributed by atoms with Gasteiger partial charge < -0.3 is 15.0 Å². The van der Waals surface area contributed by atoms with Gasteiger partial charge in [-0.05, 0) is 31.9 Å². The first kappa shape index (κ1) is 23.5. The minimum atomic E-state index is 0.0110. The van der Waals surface area contributed by atoms with Crippen LogP contribution in [-0.2, 0) is 13.6 Å². The lowest BCUT2D eigenvalue weighted by Gasteiger charge is -2.15. The number of benzene rings is 1. The summed E-state index contributed by atoms with van der Waals surface area (Å²) in [6.07, 6.45) is 4.59. The molecule has 3 aromatic heterocycles. The van der Waals surface area contributed by atoms with Gasteiger partial charge in [-0.2, -0.15) is 9.61 Å². The molecule has 0 saturated heterocycles. The van der Waals surface area contributed by atoms with Gasteiger partial charge >= 0.3 is 0 Å². The van der Waals surface area contributed by atoms with Crippen molar-refractivity contribution in [3.63, 3.8) is 0 Å². The van der Waals surface area contributed by atoms with Crippen LogP contribution in [0.25, 0.3) is 17.0 Å². The van der Waals surface area contributed by atoms with Crippen molar-refractivity contribution in [2.75, 3.05) is 11.9 Å². The first-order chi connectivity index (χ1) is 15.5. The van der Waals surface area contributed by atoms with E-state index < -0.39 is 0 Å². The number of aliphatic hydroxyl groups is 1. The predicted molar refractivity (Wildman–Crippen MR) is 130 cm³/mol. The Morgan fingerprint density at radius 1 is 1.16 bits per heavy atom. The molecule has 0 radical (unpaired) electrons. The minimum Gasteiger partial charge on any atom is -0.396 e. The summed E-state index contributed by atoms with van der Waals surface area (Å²) < 4.78 is 3.88. The summed E-state index contributed by atoms with van der Waals surface area (Å²) in [7, 11) is 2.00. The Kier molecular flexibility index (Phi) is 7.64. The number of aryl methyl sites for hydroxylation is 3. The molecule has 170 valence electrons. The van der Waals surface area contributed by atoms with E-state index in [2.05, 4.69) is 46.6 Å². The summed E-state index contributed by atoms with van der Waals surface area (Å²) in [6, 6.07) is 10.4. The van der Waals surface area contributed by atoms with Crippen molar-refractivity contribution in [2.45, 2.75) is 53.5 Å². The van der Waals surface area contributed by atoms with Gasteiger partial charge in [-0.15, -0.1) is 0 Å². The highest BCUT2D eigenvalue weighted by atomic mass is 16.3. The molecule has 7 heteroatoms. The average Bonchev–Trinajstić information content (AvgIpc) is 3.37. The number of anilines is 1. The first-order valence-electron chi connectivity index (χ1n) is 11.3. The van der Waals surface area contributed by atoms with Crippen LogP contribution in [0.5, 0.6) is 0 Å². The van der Waals surface area contributed by atoms with E-state index in [4.69, 9.17) is 4.98 Å². The standard InChI is InChI=1S/C23H28N6O.C2H6/c1-5-18(14-30)20-12-21(29-22(26-20)15(2)16(3)27-29)25-13-17-7-6-8-19(11-17)23-24-9-10-28(23)4;1-2/h6-12,18,25,30H,5,13-14H2,1-4H3;1-2H3. The van der Waals surface area contributed by atoms with Crippen LogP contribution < -0.4 is 5.32 Å². The maximum atomic E-state index is 9.78. The van der Waals surface area contributed by atoms with Crippen molar-refractivity contribution in [3.05, 3.63) is 65.2 Å². The van der Waals surface area contributed by atoms with Gasteiger partial charge in [0.2, 0.25) is 0 Å². The monoisotopic (exact) mass is 434 g/mol. The number of aromatic nitrogens is 5. The summed E-state index contributed by atoms with van der Waals surface area (Å²) in [6.45, 7) is 10.8. The lowest BCUT2D eigenvalue weighted by Crippen LogP contribution is -2.11. The van der Waals surface area contributed by atoms with Gasteiger partial charge in [0.05, 0.1) is 18.0 Å². The van der Waals surface area contributed by atoms with Crippen molar-refractivity contribution in [1.29, 1.82) is 0 Å². The third-order valence-corrected chi connectivity index (χ3v) is 5.69. The Balaban J connectivity index is 0.00000141. The smallest absolute Gasteiger partial charge is 0.160 e. The van der Waals surface area contributed by atoms with Crippen LogP contribution in [-0.4, -0.2) is 35.9 Å². The van der Waals surface area contributed by atoms with Crippen LogP contribution in [0.3, 0.4) is 0 Å². The number of rotatable bonds is 7. The highest BCUT2D eigenvalue weighted by molar-refractivity contribution is 5.58. The van der Waals surface area contributed by atoms with Crippen LogP contribution in [0.2, 0.25) is 0 Å². The molecule has 1 atom stereocenters. The van der Waals surface area contributed by atoms with Gasteiger partial charge in [0.1, 0.15) is 11.6 Å². The zero-order valence-corrected chi connectivity index (χ0v) is 19.9. The Hall–Kier alpha value is -3.19. The second-order valence-corrected chi connectivity index (χ2v) is 7.72. The van der Waals surface area contributed by atoms with Crippen LogP contribution in [0.4, 0.5) is 5.82 Å². The van der Waals surface area contributed by atoms with Gasteiger partial charge in [0, 0.05) is 49.1 Å². The molecule has 1 aromatic carbocycles. The van der Waals surface area contributed by atoms with E-state index in [0.29, 0.717) is 6.54 Å². The third kappa shape index (κ3) is 4.67. The van der Waals surface area contributed by atoms with E-state index in [1.165, 1.54) is 0 Å². The number of hydrogen-bond acceptors (Lipinski definition) is 5. The summed E-state index contributed by atoms with van der Waals surface area (Å²) >= 11 is 0. The van der Waals surface area contributed by atoms with E-state index in [9.17, 15) is 5.11 Å². The van der Waals surface area contributed by atoms with Crippen molar-refractivity contribution >= 4 is 11.5 Å². The molecule has 0 spiro atoms.